The summed E-state index contributed by atoms with van der Waals surface area (Å²) in [4.78, 5) is 15.7. The molecule has 1 aliphatic rings. The van der Waals surface area contributed by atoms with E-state index in [-0.39, 0.29) is 5.91 Å². The molecule has 2 aromatic rings. The van der Waals surface area contributed by atoms with E-state index in [1.165, 1.54) is 19.8 Å². The summed E-state index contributed by atoms with van der Waals surface area (Å²) >= 11 is 6.33. The maximum Gasteiger partial charge on any atom is 0.219 e. The average Bonchev–Trinajstić information content (AvgIpc) is 3.47. The monoisotopic (exact) mass is 414 g/mol. The number of nitrogens with one attached hydrogen (secondary N) is 1. The highest BCUT2D eigenvalue weighted by molar-refractivity contribution is 6.32. The number of nitrogens with zero attached hydrogens (tertiary/aromatic N) is 1. The number of amides is 1. The third-order valence-electron chi connectivity index (χ3n) is 4.92. The minimum absolute atomic E-state index is 0.0644. The fraction of sp³-hybridized carbons (Fsp3) is 0.391. The van der Waals surface area contributed by atoms with Crippen molar-refractivity contribution in [3.63, 3.8) is 0 Å². The molecule has 1 saturated carbocycles. The van der Waals surface area contributed by atoms with E-state index in [0.29, 0.717) is 22.6 Å². The number of pyridine rings is 1. The first-order valence-electron chi connectivity index (χ1n) is 9.77. The van der Waals surface area contributed by atoms with Gasteiger partial charge < -0.3 is 14.8 Å². The standard InChI is InChI=1S/C23H27ClN2O3/c1-15(23(3,4)26-16(2)27)11-18-7-10-22(25-13-18)29-21-9-8-19(12-20(21)24)28-14-17-5-6-17/h7-13,17H,5-6,14H2,1-4H3,(H,26,27)/b15-11+. The Morgan fingerprint density at radius 2 is 2.03 bits per heavy atom. The van der Waals surface area contributed by atoms with Crippen LogP contribution in [0, 0.1) is 5.92 Å². The van der Waals surface area contributed by atoms with Crippen LogP contribution in [0.25, 0.3) is 6.08 Å². The Labute approximate surface area is 177 Å². The zero-order chi connectivity index (χ0) is 21.0. The SMILES string of the molecule is CC(=O)NC(C)(C)/C(C)=C/c1ccc(Oc2ccc(OCC3CC3)cc2Cl)nc1. The lowest BCUT2D eigenvalue weighted by Crippen LogP contribution is -2.43. The van der Waals surface area contributed by atoms with Gasteiger partial charge in [-0.1, -0.05) is 17.7 Å². The van der Waals surface area contributed by atoms with Crippen LogP contribution >= 0.6 is 11.6 Å². The van der Waals surface area contributed by atoms with Crippen molar-refractivity contribution >= 4 is 23.6 Å². The zero-order valence-corrected chi connectivity index (χ0v) is 18.0. The van der Waals surface area contributed by atoms with Crippen LogP contribution in [-0.2, 0) is 4.79 Å². The number of hydrogen-bond acceptors (Lipinski definition) is 4. The molecule has 29 heavy (non-hydrogen) atoms. The summed E-state index contributed by atoms with van der Waals surface area (Å²) in [5.41, 5.74) is 1.51. The first-order chi connectivity index (χ1) is 13.7. The number of rotatable bonds is 8. The van der Waals surface area contributed by atoms with E-state index in [1.54, 1.807) is 24.4 Å². The van der Waals surface area contributed by atoms with Crippen molar-refractivity contribution in [1.82, 2.24) is 10.3 Å². The summed E-state index contributed by atoms with van der Waals surface area (Å²) in [6, 6.07) is 9.12. The molecule has 1 aromatic carbocycles. The van der Waals surface area contributed by atoms with E-state index >= 15 is 0 Å². The molecule has 1 amide bonds. The third-order valence-corrected chi connectivity index (χ3v) is 5.21. The van der Waals surface area contributed by atoms with Gasteiger partial charge in [-0.2, -0.15) is 0 Å². The van der Waals surface area contributed by atoms with E-state index in [1.807, 2.05) is 39.0 Å². The highest BCUT2D eigenvalue weighted by Crippen LogP contribution is 2.34. The lowest BCUT2D eigenvalue weighted by molar-refractivity contribution is -0.120. The predicted molar refractivity (Wildman–Crippen MR) is 116 cm³/mol. The highest BCUT2D eigenvalue weighted by atomic mass is 35.5. The van der Waals surface area contributed by atoms with Crippen molar-refractivity contribution < 1.29 is 14.3 Å². The Bertz CT molecular complexity index is 903. The number of aromatic nitrogens is 1. The van der Waals surface area contributed by atoms with Crippen molar-refractivity contribution in [3.8, 4) is 17.4 Å². The second-order valence-electron chi connectivity index (χ2n) is 8.01. The number of benzene rings is 1. The molecular formula is C23H27ClN2O3. The largest absolute Gasteiger partial charge is 0.493 e. The quantitative estimate of drug-likeness (QED) is 0.607. The van der Waals surface area contributed by atoms with Crippen LogP contribution in [0.3, 0.4) is 0 Å². The first kappa shape index (κ1) is 21.2. The van der Waals surface area contributed by atoms with Gasteiger partial charge in [0, 0.05) is 25.3 Å². The van der Waals surface area contributed by atoms with Crippen LogP contribution in [0.5, 0.6) is 17.4 Å². The molecule has 0 spiro atoms. The van der Waals surface area contributed by atoms with Crippen LogP contribution < -0.4 is 14.8 Å². The summed E-state index contributed by atoms with van der Waals surface area (Å²) in [6.07, 6.45) is 6.21. The number of halogens is 1. The van der Waals surface area contributed by atoms with Gasteiger partial charge >= 0.3 is 0 Å². The van der Waals surface area contributed by atoms with Crippen LogP contribution in [0.15, 0.2) is 42.1 Å². The molecule has 1 N–H and O–H groups in total. The van der Waals surface area contributed by atoms with Crippen molar-refractivity contribution in [1.29, 1.82) is 0 Å². The van der Waals surface area contributed by atoms with E-state index in [9.17, 15) is 4.79 Å². The van der Waals surface area contributed by atoms with E-state index in [2.05, 4.69) is 10.3 Å². The Morgan fingerprint density at radius 1 is 1.28 bits per heavy atom. The number of hydrogen-bond donors (Lipinski definition) is 1. The number of carbonyl (C=O) groups is 1. The van der Waals surface area contributed by atoms with E-state index in [0.717, 1.165) is 23.5 Å². The van der Waals surface area contributed by atoms with Gasteiger partial charge in [-0.15, -0.1) is 0 Å². The fourth-order valence-electron chi connectivity index (χ4n) is 2.77. The van der Waals surface area contributed by atoms with Gasteiger partial charge in [0.05, 0.1) is 17.2 Å². The number of carbonyl (C=O) groups excluding carboxylic acids is 1. The lowest BCUT2D eigenvalue weighted by atomic mass is 9.93. The van der Waals surface area contributed by atoms with Gasteiger partial charge in [0.1, 0.15) is 11.5 Å². The summed E-state index contributed by atoms with van der Waals surface area (Å²) < 4.78 is 11.5. The molecule has 0 unspecified atom stereocenters. The molecule has 0 saturated heterocycles. The van der Waals surface area contributed by atoms with E-state index < -0.39 is 5.54 Å². The molecule has 0 radical (unpaired) electrons. The van der Waals surface area contributed by atoms with Gasteiger partial charge in [-0.05, 0) is 68.9 Å². The fourth-order valence-corrected chi connectivity index (χ4v) is 2.98. The van der Waals surface area contributed by atoms with Crippen LogP contribution in [0.1, 0.15) is 46.1 Å². The molecule has 5 nitrogen and oxygen atoms in total. The van der Waals surface area contributed by atoms with Gasteiger partial charge in [-0.3, -0.25) is 4.79 Å². The smallest absolute Gasteiger partial charge is 0.219 e. The van der Waals surface area contributed by atoms with Gasteiger partial charge in [0.25, 0.3) is 0 Å². The molecule has 3 rings (SSSR count). The molecule has 6 heteroatoms. The predicted octanol–water partition coefficient (Wildman–Crippen LogP) is 5.63. The summed E-state index contributed by atoms with van der Waals surface area (Å²) in [7, 11) is 0. The molecule has 154 valence electrons. The summed E-state index contributed by atoms with van der Waals surface area (Å²) in [5, 5.41) is 3.42. The minimum Gasteiger partial charge on any atom is -0.493 e. The topological polar surface area (TPSA) is 60.5 Å². The zero-order valence-electron chi connectivity index (χ0n) is 17.3. The molecule has 1 aliphatic carbocycles. The first-order valence-corrected chi connectivity index (χ1v) is 10.1. The molecule has 1 fully saturated rings. The Balaban J connectivity index is 1.64. The third kappa shape index (κ3) is 6.23. The van der Waals surface area contributed by atoms with Crippen molar-refractivity contribution in [2.75, 3.05) is 6.61 Å². The lowest BCUT2D eigenvalue weighted by Gasteiger charge is -2.27. The molecular weight excluding hydrogens is 388 g/mol. The second kappa shape index (κ2) is 8.87. The summed E-state index contributed by atoms with van der Waals surface area (Å²) in [6.45, 7) is 8.16. The van der Waals surface area contributed by atoms with Gasteiger partial charge in [-0.25, -0.2) is 4.98 Å². The van der Waals surface area contributed by atoms with Crippen LogP contribution in [0.4, 0.5) is 0 Å². The average molecular weight is 415 g/mol. The van der Waals surface area contributed by atoms with Crippen molar-refractivity contribution in [3.05, 3.63) is 52.7 Å². The molecule has 0 bridgehead atoms. The van der Waals surface area contributed by atoms with Gasteiger partial charge in [0.2, 0.25) is 11.8 Å². The van der Waals surface area contributed by atoms with Crippen LogP contribution in [0.2, 0.25) is 5.02 Å². The molecule has 0 aliphatic heterocycles. The maximum absolute atomic E-state index is 11.4. The van der Waals surface area contributed by atoms with Crippen LogP contribution in [-0.4, -0.2) is 23.0 Å². The molecule has 1 aromatic heterocycles. The molecule has 0 atom stereocenters. The van der Waals surface area contributed by atoms with Crippen molar-refractivity contribution in [2.45, 2.75) is 46.1 Å². The normalized spacial score (nSPS) is 14.4. The molecule has 1 heterocycles. The summed E-state index contributed by atoms with van der Waals surface area (Å²) in [5.74, 6) is 2.36. The van der Waals surface area contributed by atoms with Gasteiger partial charge in [0.15, 0.2) is 0 Å². The Morgan fingerprint density at radius 3 is 2.62 bits per heavy atom. The maximum atomic E-state index is 11.4. The number of ether oxygens (including phenoxy) is 2. The van der Waals surface area contributed by atoms with E-state index in [4.69, 9.17) is 21.1 Å². The second-order valence-corrected chi connectivity index (χ2v) is 8.42. The Kier molecular flexibility index (Phi) is 6.48. The minimum atomic E-state index is -0.433. The highest BCUT2D eigenvalue weighted by Gasteiger charge is 2.22. The Hall–Kier alpha value is -2.53. The van der Waals surface area contributed by atoms with Crippen molar-refractivity contribution in [2.24, 2.45) is 5.92 Å².